The predicted molar refractivity (Wildman–Crippen MR) is 51.5 cm³/mol. The van der Waals surface area contributed by atoms with Crippen molar-refractivity contribution in [2.45, 2.75) is 0 Å². The molecule has 9 nitrogen and oxygen atoms in total. The van der Waals surface area contributed by atoms with Crippen LogP contribution in [0.4, 0.5) is 0 Å². The van der Waals surface area contributed by atoms with Crippen LogP contribution in [0.1, 0.15) is 10.6 Å². The Labute approximate surface area is 95.0 Å². The van der Waals surface area contributed by atoms with Gasteiger partial charge in [0.1, 0.15) is 5.70 Å². The van der Waals surface area contributed by atoms with Crippen LogP contribution in [-0.2, 0) is 19.1 Å². The number of rotatable bonds is 4. The molecule has 1 rings (SSSR count). The summed E-state index contributed by atoms with van der Waals surface area (Å²) in [6.45, 7) is 3.31. The molecule has 0 spiro atoms. The molecule has 0 amide bonds. The summed E-state index contributed by atoms with van der Waals surface area (Å²) in [5.74, 6) is -3.44. The van der Waals surface area contributed by atoms with Gasteiger partial charge >= 0.3 is 11.9 Å². The molecule has 0 unspecified atom stereocenters. The van der Waals surface area contributed by atoms with E-state index in [0.717, 1.165) is 14.2 Å². The highest BCUT2D eigenvalue weighted by Crippen LogP contribution is 2.05. The largest absolute Gasteiger partial charge is 0.463 e. The Morgan fingerprint density at radius 2 is 1.88 bits per heavy atom. The van der Waals surface area contributed by atoms with Crippen molar-refractivity contribution in [3.63, 3.8) is 0 Å². The van der Waals surface area contributed by atoms with Gasteiger partial charge in [0.15, 0.2) is 0 Å². The van der Waals surface area contributed by atoms with Crippen molar-refractivity contribution in [1.82, 2.24) is 20.2 Å². The van der Waals surface area contributed by atoms with E-state index in [1.807, 2.05) is 0 Å². The first kappa shape index (κ1) is 12.5. The zero-order chi connectivity index (χ0) is 13.0. The minimum atomic E-state index is -1.14. The SMILES string of the molecule is C=C(C(=O)C(=O)OC)n1nnnc1C(=O)OC. The topological polar surface area (TPSA) is 113 Å². The quantitative estimate of drug-likeness (QED) is 0.361. The molecule has 1 aromatic heterocycles. The van der Waals surface area contributed by atoms with Gasteiger partial charge in [-0.25, -0.2) is 9.59 Å². The molecular weight excluding hydrogens is 232 g/mol. The minimum Gasteiger partial charge on any atom is -0.463 e. The average Bonchev–Trinajstić information content (AvgIpc) is 2.83. The van der Waals surface area contributed by atoms with Gasteiger partial charge in [0.25, 0.3) is 11.6 Å². The zero-order valence-corrected chi connectivity index (χ0v) is 9.04. The molecule has 0 atom stereocenters. The zero-order valence-electron chi connectivity index (χ0n) is 9.04. The van der Waals surface area contributed by atoms with Crippen molar-refractivity contribution in [2.24, 2.45) is 0 Å². The van der Waals surface area contributed by atoms with Crippen LogP contribution in [0.2, 0.25) is 0 Å². The predicted octanol–water partition coefficient (Wildman–Crippen LogP) is -1.33. The number of hydrogen-bond acceptors (Lipinski definition) is 8. The minimum absolute atomic E-state index is 0.366. The Balaban J connectivity index is 3.06. The van der Waals surface area contributed by atoms with Gasteiger partial charge in [-0.15, -0.1) is 5.10 Å². The standard InChI is InChI=1S/C8H8N4O5/c1-4(5(13)7(14)16-2)12-6(8(15)17-3)9-10-11-12/h1H2,2-3H3. The summed E-state index contributed by atoms with van der Waals surface area (Å²) in [5, 5.41) is 9.86. The Bertz CT molecular complexity index is 492. The van der Waals surface area contributed by atoms with E-state index in [0.29, 0.717) is 4.68 Å². The van der Waals surface area contributed by atoms with E-state index in [-0.39, 0.29) is 5.82 Å². The highest BCUT2D eigenvalue weighted by atomic mass is 16.5. The van der Waals surface area contributed by atoms with E-state index in [9.17, 15) is 14.4 Å². The third-order valence-electron chi connectivity index (χ3n) is 1.73. The van der Waals surface area contributed by atoms with Crippen molar-refractivity contribution in [1.29, 1.82) is 0 Å². The number of carbonyl (C=O) groups excluding carboxylic acids is 3. The highest BCUT2D eigenvalue weighted by molar-refractivity contribution is 6.49. The van der Waals surface area contributed by atoms with Gasteiger partial charge in [0.05, 0.1) is 14.2 Å². The molecule has 90 valence electrons. The second-order valence-electron chi connectivity index (χ2n) is 2.67. The fourth-order valence-electron chi connectivity index (χ4n) is 0.894. The van der Waals surface area contributed by atoms with Gasteiger partial charge < -0.3 is 9.47 Å². The first-order valence-corrected chi connectivity index (χ1v) is 4.21. The van der Waals surface area contributed by atoms with Gasteiger partial charge in [-0.1, -0.05) is 6.58 Å². The van der Waals surface area contributed by atoms with E-state index in [1.165, 1.54) is 0 Å². The van der Waals surface area contributed by atoms with Crippen LogP contribution in [0.5, 0.6) is 0 Å². The second kappa shape index (κ2) is 4.96. The van der Waals surface area contributed by atoms with Gasteiger partial charge in [-0.3, -0.25) is 4.79 Å². The number of methoxy groups -OCH3 is 2. The number of hydrogen-bond donors (Lipinski definition) is 0. The fourth-order valence-corrected chi connectivity index (χ4v) is 0.894. The van der Waals surface area contributed by atoms with E-state index < -0.39 is 23.4 Å². The smallest absolute Gasteiger partial charge is 0.381 e. The molecule has 0 aliphatic carbocycles. The van der Waals surface area contributed by atoms with Crippen molar-refractivity contribution in [3.8, 4) is 0 Å². The lowest BCUT2D eigenvalue weighted by molar-refractivity contribution is -0.149. The number of nitrogens with zero attached hydrogens (tertiary/aromatic N) is 4. The van der Waals surface area contributed by atoms with Crippen LogP contribution < -0.4 is 0 Å². The van der Waals surface area contributed by atoms with Crippen molar-refractivity contribution in [3.05, 3.63) is 12.4 Å². The molecular formula is C8H8N4O5. The molecule has 0 N–H and O–H groups in total. The highest BCUT2D eigenvalue weighted by Gasteiger charge is 2.25. The maximum Gasteiger partial charge on any atom is 0.381 e. The normalized spacial score (nSPS) is 9.53. The van der Waals surface area contributed by atoms with Crippen LogP contribution in [-0.4, -0.2) is 52.1 Å². The first-order valence-electron chi connectivity index (χ1n) is 4.21. The van der Waals surface area contributed by atoms with Crippen molar-refractivity contribution < 1.29 is 23.9 Å². The van der Waals surface area contributed by atoms with E-state index >= 15 is 0 Å². The molecule has 0 saturated heterocycles. The first-order chi connectivity index (χ1) is 8.02. The molecule has 0 aliphatic heterocycles. The fraction of sp³-hybridized carbons (Fsp3) is 0.250. The lowest BCUT2D eigenvalue weighted by Gasteiger charge is -2.03. The van der Waals surface area contributed by atoms with E-state index in [2.05, 4.69) is 31.6 Å². The molecule has 0 fully saturated rings. The summed E-state index contributed by atoms with van der Waals surface area (Å²) in [4.78, 5) is 33.6. The number of ketones is 1. The molecule has 17 heavy (non-hydrogen) atoms. The van der Waals surface area contributed by atoms with Crippen LogP contribution in [0.3, 0.4) is 0 Å². The molecule has 0 aromatic carbocycles. The molecule has 0 bridgehead atoms. The molecule has 0 aliphatic rings. The summed E-state index contributed by atoms with van der Waals surface area (Å²) < 4.78 is 9.29. The number of ether oxygens (including phenoxy) is 2. The maximum atomic E-state index is 11.4. The Morgan fingerprint density at radius 1 is 1.24 bits per heavy atom. The van der Waals surface area contributed by atoms with Crippen LogP contribution in [0.15, 0.2) is 6.58 Å². The lowest BCUT2D eigenvalue weighted by Crippen LogP contribution is -2.23. The summed E-state index contributed by atoms with van der Waals surface area (Å²) in [6.07, 6.45) is 0. The maximum absolute atomic E-state index is 11.4. The molecule has 1 heterocycles. The summed E-state index contributed by atoms with van der Waals surface area (Å²) >= 11 is 0. The second-order valence-corrected chi connectivity index (χ2v) is 2.67. The Morgan fingerprint density at radius 3 is 2.41 bits per heavy atom. The number of Topliss-reactive ketones (excluding diaryl/α,β-unsaturated/α-hetero) is 1. The molecule has 0 radical (unpaired) electrons. The summed E-state index contributed by atoms with van der Waals surface area (Å²) in [5.41, 5.74) is -0.415. The van der Waals surface area contributed by atoms with Crippen LogP contribution in [0, 0.1) is 0 Å². The van der Waals surface area contributed by atoms with Crippen LogP contribution in [0.25, 0.3) is 5.70 Å². The Kier molecular flexibility index (Phi) is 3.65. The van der Waals surface area contributed by atoms with Crippen molar-refractivity contribution >= 4 is 23.4 Å². The van der Waals surface area contributed by atoms with Gasteiger partial charge in [-0.2, -0.15) is 4.68 Å². The molecule has 1 aromatic rings. The third kappa shape index (κ3) is 2.33. The number of esters is 2. The van der Waals surface area contributed by atoms with E-state index in [1.54, 1.807) is 0 Å². The van der Waals surface area contributed by atoms with Gasteiger partial charge in [-0.05, 0) is 10.4 Å². The monoisotopic (exact) mass is 240 g/mol. The lowest BCUT2D eigenvalue weighted by atomic mass is 10.3. The van der Waals surface area contributed by atoms with Gasteiger partial charge in [0, 0.05) is 0 Å². The van der Waals surface area contributed by atoms with Crippen molar-refractivity contribution in [2.75, 3.05) is 14.2 Å². The van der Waals surface area contributed by atoms with E-state index in [4.69, 9.17) is 0 Å². The number of aromatic nitrogens is 4. The van der Waals surface area contributed by atoms with Gasteiger partial charge in [0.2, 0.25) is 0 Å². The molecule has 9 heteroatoms. The van der Waals surface area contributed by atoms with Crippen LogP contribution >= 0.6 is 0 Å². The number of tetrazole rings is 1. The summed E-state index contributed by atoms with van der Waals surface area (Å²) in [7, 11) is 2.15. The number of carbonyl (C=O) groups is 3. The Hall–Kier alpha value is -2.58. The average molecular weight is 240 g/mol. The molecule has 0 saturated carbocycles. The summed E-state index contributed by atoms with van der Waals surface area (Å²) in [6, 6.07) is 0. The third-order valence-corrected chi connectivity index (χ3v) is 1.73.